The second kappa shape index (κ2) is 5.95. The van der Waals surface area contributed by atoms with Gasteiger partial charge in [0.1, 0.15) is 16.1 Å². The van der Waals surface area contributed by atoms with Gasteiger partial charge in [-0.3, -0.25) is 4.79 Å². The van der Waals surface area contributed by atoms with Gasteiger partial charge in [-0.2, -0.15) is 0 Å². The van der Waals surface area contributed by atoms with E-state index in [1.165, 1.54) is 24.1 Å². The molecule has 1 aromatic rings. The highest BCUT2D eigenvalue weighted by atomic mass is 32.2. The monoisotopic (exact) mass is 272 g/mol. The Kier molecular flexibility index (Phi) is 4.84. The van der Waals surface area contributed by atoms with Crippen LogP contribution in [0.2, 0.25) is 0 Å². The van der Waals surface area contributed by atoms with Gasteiger partial charge >= 0.3 is 11.9 Å². The topological polar surface area (TPSA) is 76.7 Å². The van der Waals surface area contributed by atoms with Crippen molar-refractivity contribution in [3.63, 3.8) is 0 Å². The Morgan fingerprint density at radius 3 is 2.72 bits per heavy atom. The number of hydrogen-bond acceptors (Lipinski definition) is 5. The average Bonchev–Trinajstić information content (AvgIpc) is 2.74. The maximum Gasteiger partial charge on any atom is 0.341 e. The third-order valence-corrected chi connectivity index (χ3v) is 3.62. The maximum atomic E-state index is 11.6. The van der Waals surface area contributed by atoms with Crippen LogP contribution in [0.25, 0.3) is 0 Å². The Bertz CT molecular complexity index is 435. The van der Waals surface area contributed by atoms with E-state index in [1.54, 1.807) is 20.8 Å². The number of furan rings is 1. The number of ether oxygens (including phenoxy) is 1. The number of carbonyl (C=O) groups is 2. The lowest BCUT2D eigenvalue weighted by molar-refractivity contribution is -0.138. The number of carbonyl (C=O) groups excluding carboxylic acids is 1. The fourth-order valence-corrected chi connectivity index (χ4v) is 1.99. The first-order valence-electron chi connectivity index (χ1n) is 5.49. The summed E-state index contributed by atoms with van der Waals surface area (Å²) in [5.74, 6) is -0.611. The molecule has 0 saturated carbocycles. The molecular formula is C12H16O5S. The van der Waals surface area contributed by atoms with Crippen LogP contribution in [0.3, 0.4) is 0 Å². The quantitative estimate of drug-likeness (QED) is 0.802. The molecule has 0 fully saturated rings. The van der Waals surface area contributed by atoms with E-state index in [1.807, 2.05) is 0 Å². The van der Waals surface area contributed by atoms with Gasteiger partial charge in [0, 0.05) is 0 Å². The second-order valence-electron chi connectivity index (χ2n) is 4.08. The van der Waals surface area contributed by atoms with E-state index in [0.29, 0.717) is 17.1 Å². The van der Waals surface area contributed by atoms with Crippen LogP contribution >= 0.6 is 11.8 Å². The van der Waals surface area contributed by atoms with E-state index in [9.17, 15) is 9.59 Å². The van der Waals surface area contributed by atoms with Gasteiger partial charge < -0.3 is 14.3 Å². The van der Waals surface area contributed by atoms with E-state index in [-0.39, 0.29) is 6.61 Å². The van der Waals surface area contributed by atoms with Gasteiger partial charge in [-0.05, 0) is 26.8 Å². The van der Waals surface area contributed by atoms with Crippen LogP contribution in [0.1, 0.15) is 36.9 Å². The van der Waals surface area contributed by atoms with Crippen LogP contribution in [0.4, 0.5) is 0 Å². The number of rotatable bonds is 6. The van der Waals surface area contributed by atoms with Gasteiger partial charge in [0.2, 0.25) is 0 Å². The number of carboxylic acid groups (broad SMARTS) is 1. The van der Waals surface area contributed by atoms with Crippen LogP contribution in [0.5, 0.6) is 0 Å². The lowest BCUT2D eigenvalue weighted by atomic mass is 10.2. The Hall–Kier alpha value is -1.43. The van der Waals surface area contributed by atoms with Crippen molar-refractivity contribution >= 4 is 23.7 Å². The third-order valence-electron chi connectivity index (χ3n) is 2.32. The summed E-state index contributed by atoms with van der Waals surface area (Å²) in [5, 5.41) is 8.99. The highest BCUT2D eigenvalue weighted by Crippen LogP contribution is 2.29. The predicted molar refractivity (Wildman–Crippen MR) is 67.7 cm³/mol. The molecule has 0 aromatic carbocycles. The van der Waals surface area contributed by atoms with Gasteiger partial charge in [-0.25, -0.2) is 4.79 Å². The van der Waals surface area contributed by atoms with Gasteiger partial charge in [0.25, 0.3) is 0 Å². The zero-order chi connectivity index (χ0) is 13.8. The molecule has 0 unspecified atom stereocenters. The molecule has 0 spiro atoms. The smallest absolute Gasteiger partial charge is 0.341 e. The highest BCUT2D eigenvalue weighted by Gasteiger charge is 2.29. The van der Waals surface area contributed by atoms with Gasteiger partial charge in [0.05, 0.1) is 18.6 Å². The number of thioether (sulfide) groups is 1. The Balaban J connectivity index is 2.72. The molecule has 18 heavy (non-hydrogen) atoms. The summed E-state index contributed by atoms with van der Waals surface area (Å²) in [6.45, 7) is 5.22. The van der Waals surface area contributed by atoms with Crippen molar-refractivity contribution in [2.75, 3.05) is 6.61 Å². The second-order valence-corrected chi connectivity index (χ2v) is 5.68. The van der Waals surface area contributed by atoms with Crippen LogP contribution in [-0.4, -0.2) is 28.4 Å². The van der Waals surface area contributed by atoms with E-state index in [2.05, 4.69) is 0 Å². The highest BCUT2D eigenvalue weighted by molar-refractivity contribution is 8.00. The van der Waals surface area contributed by atoms with E-state index >= 15 is 0 Å². The number of hydrogen-bond donors (Lipinski definition) is 1. The number of esters is 1. The molecular weight excluding hydrogens is 256 g/mol. The minimum atomic E-state index is -0.932. The van der Waals surface area contributed by atoms with E-state index in [4.69, 9.17) is 14.3 Å². The van der Waals surface area contributed by atoms with Crippen LogP contribution in [-0.2, 0) is 15.3 Å². The number of carboxylic acids is 1. The predicted octanol–water partition coefficient (Wildman–Crippen LogP) is 2.55. The van der Waals surface area contributed by atoms with E-state index < -0.39 is 16.7 Å². The van der Waals surface area contributed by atoms with E-state index in [0.717, 1.165) is 0 Å². The van der Waals surface area contributed by atoms with Crippen LogP contribution < -0.4 is 0 Å². The first kappa shape index (κ1) is 14.6. The average molecular weight is 272 g/mol. The fraction of sp³-hybridized carbons (Fsp3) is 0.500. The Morgan fingerprint density at radius 2 is 2.17 bits per heavy atom. The molecule has 1 N–H and O–H groups in total. The standard InChI is InChI=1S/C12H16O5S/c1-4-16-10(13)8-5-6-17-9(8)7-18-12(2,3)11(14)15/h5-6H,4,7H2,1-3H3,(H,14,15). The van der Waals surface area contributed by atoms with Gasteiger partial charge in [-0.1, -0.05) is 0 Å². The van der Waals surface area contributed by atoms with Crippen LogP contribution in [0, 0.1) is 0 Å². The normalized spacial score (nSPS) is 11.3. The van der Waals surface area contributed by atoms with Crippen molar-refractivity contribution in [3.8, 4) is 0 Å². The first-order chi connectivity index (χ1) is 8.38. The molecule has 0 aliphatic carbocycles. The summed E-state index contributed by atoms with van der Waals surface area (Å²) in [7, 11) is 0. The van der Waals surface area contributed by atoms with Crippen molar-refractivity contribution in [1.29, 1.82) is 0 Å². The van der Waals surface area contributed by atoms with Crippen molar-refractivity contribution in [2.45, 2.75) is 31.3 Å². The summed E-state index contributed by atoms with van der Waals surface area (Å²) in [6.07, 6.45) is 1.40. The Morgan fingerprint density at radius 1 is 1.50 bits per heavy atom. The molecule has 0 bridgehead atoms. The molecule has 1 aromatic heterocycles. The lowest BCUT2D eigenvalue weighted by Gasteiger charge is -2.17. The van der Waals surface area contributed by atoms with Crippen molar-refractivity contribution in [3.05, 3.63) is 23.7 Å². The molecule has 0 amide bonds. The maximum absolute atomic E-state index is 11.6. The molecule has 0 aliphatic heterocycles. The summed E-state index contributed by atoms with van der Waals surface area (Å²) in [6, 6.07) is 1.53. The van der Waals surface area contributed by atoms with Crippen LogP contribution in [0.15, 0.2) is 16.7 Å². The largest absolute Gasteiger partial charge is 0.480 e. The molecule has 100 valence electrons. The fourth-order valence-electron chi connectivity index (χ4n) is 1.15. The zero-order valence-electron chi connectivity index (χ0n) is 10.6. The first-order valence-corrected chi connectivity index (χ1v) is 6.48. The third kappa shape index (κ3) is 3.53. The van der Waals surface area contributed by atoms with Gasteiger partial charge in [0.15, 0.2) is 0 Å². The molecule has 0 radical (unpaired) electrons. The number of aliphatic carboxylic acids is 1. The summed E-state index contributed by atoms with van der Waals surface area (Å²) in [5.41, 5.74) is 0.352. The summed E-state index contributed by atoms with van der Waals surface area (Å²) >= 11 is 1.19. The molecule has 0 saturated heterocycles. The van der Waals surface area contributed by atoms with Crippen molar-refractivity contribution < 1.29 is 23.8 Å². The molecule has 6 heteroatoms. The molecule has 0 atom stereocenters. The molecule has 5 nitrogen and oxygen atoms in total. The van der Waals surface area contributed by atoms with Crippen molar-refractivity contribution in [2.24, 2.45) is 0 Å². The minimum absolute atomic E-state index is 0.289. The zero-order valence-corrected chi connectivity index (χ0v) is 11.4. The summed E-state index contributed by atoms with van der Waals surface area (Å²) < 4.78 is 9.14. The van der Waals surface area contributed by atoms with Gasteiger partial charge in [-0.15, -0.1) is 11.8 Å². The molecule has 1 heterocycles. The van der Waals surface area contributed by atoms with Crippen molar-refractivity contribution in [1.82, 2.24) is 0 Å². The molecule has 0 aliphatic rings. The minimum Gasteiger partial charge on any atom is -0.480 e. The lowest BCUT2D eigenvalue weighted by Crippen LogP contribution is -2.27. The summed E-state index contributed by atoms with van der Waals surface area (Å²) in [4.78, 5) is 22.5. The molecule has 1 rings (SSSR count). The Labute approximate surface area is 109 Å². The SMILES string of the molecule is CCOC(=O)c1ccoc1CSC(C)(C)C(=O)O.